The molecule has 0 atom stereocenters. The fourth-order valence-corrected chi connectivity index (χ4v) is 4.10. The Morgan fingerprint density at radius 2 is 1.67 bits per heavy atom. The highest BCUT2D eigenvalue weighted by Gasteiger charge is 2.49. The number of ether oxygens (including phenoxy) is 1. The van der Waals surface area contributed by atoms with Crippen molar-refractivity contribution in [2.45, 2.75) is 50.8 Å². The van der Waals surface area contributed by atoms with E-state index in [0.29, 0.717) is 37.2 Å². The Morgan fingerprint density at radius 3 is 2.36 bits per heavy atom. The molecule has 1 aliphatic carbocycles. The van der Waals surface area contributed by atoms with Gasteiger partial charge >= 0.3 is 5.97 Å². The van der Waals surface area contributed by atoms with Crippen LogP contribution in [0.3, 0.4) is 0 Å². The number of aliphatic carboxylic acids is 1. The van der Waals surface area contributed by atoms with Crippen molar-refractivity contribution in [2.75, 3.05) is 6.61 Å². The highest BCUT2D eigenvalue weighted by Crippen LogP contribution is 2.41. The van der Waals surface area contributed by atoms with Crippen molar-refractivity contribution in [3.05, 3.63) is 89.7 Å². The minimum absolute atomic E-state index is 0.148. The van der Waals surface area contributed by atoms with E-state index in [0.717, 1.165) is 29.5 Å². The third kappa shape index (κ3) is 6.49. The lowest BCUT2D eigenvalue weighted by molar-refractivity contribution is -0.137. The van der Waals surface area contributed by atoms with Gasteiger partial charge in [0, 0.05) is 17.5 Å². The van der Waals surface area contributed by atoms with E-state index < -0.39 is 11.7 Å². The molecule has 36 heavy (non-hydrogen) atoms. The molecule has 3 aromatic rings. The van der Waals surface area contributed by atoms with Crippen LogP contribution in [0.1, 0.15) is 54.4 Å². The molecule has 1 saturated carbocycles. The lowest BCUT2D eigenvalue weighted by atomic mass is 10.0. The Balaban J connectivity index is 1.45. The van der Waals surface area contributed by atoms with Gasteiger partial charge in [0.05, 0.1) is 13.2 Å². The third-order valence-electron chi connectivity index (χ3n) is 6.33. The molecule has 1 aliphatic rings. The van der Waals surface area contributed by atoms with Gasteiger partial charge in [-0.05, 0) is 73.6 Å². The number of benzene rings is 3. The second-order valence-corrected chi connectivity index (χ2v) is 9.12. The van der Waals surface area contributed by atoms with Crippen molar-refractivity contribution in [1.29, 1.82) is 0 Å². The molecule has 0 bridgehead atoms. The van der Waals surface area contributed by atoms with Gasteiger partial charge in [-0.25, -0.2) is 4.39 Å². The number of carboxylic acid groups (broad SMARTS) is 1. The Hall–Kier alpha value is -3.71. The van der Waals surface area contributed by atoms with E-state index in [1.54, 1.807) is 30.3 Å². The van der Waals surface area contributed by atoms with Crippen molar-refractivity contribution < 1.29 is 28.9 Å². The third-order valence-corrected chi connectivity index (χ3v) is 6.33. The maximum absolute atomic E-state index is 13.6. The summed E-state index contributed by atoms with van der Waals surface area (Å²) >= 11 is 0. The van der Waals surface area contributed by atoms with Crippen LogP contribution in [0.25, 0.3) is 11.1 Å². The molecule has 0 spiro atoms. The number of halogens is 1. The second kappa shape index (κ2) is 11.4. The molecule has 4 rings (SSSR count). The molecule has 1 amide bonds. The molecular weight excluding hydrogens is 461 g/mol. The monoisotopic (exact) mass is 491 g/mol. The van der Waals surface area contributed by atoms with Crippen LogP contribution >= 0.6 is 0 Å². The summed E-state index contributed by atoms with van der Waals surface area (Å²) in [5.41, 5.74) is 1.55. The number of amides is 1. The number of nitrogens with zero attached hydrogens (tertiary/aromatic N) is 1. The molecule has 0 radical (unpaired) electrons. The van der Waals surface area contributed by atoms with Crippen LogP contribution in [0.4, 0.5) is 4.39 Å². The van der Waals surface area contributed by atoms with Gasteiger partial charge in [0.2, 0.25) is 0 Å². The maximum Gasteiger partial charge on any atom is 0.303 e. The van der Waals surface area contributed by atoms with Crippen LogP contribution in [0.15, 0.2) is 72.8 Å². The van der Waals surface area contributed by atoms with Gasteiger partial charge in [0.1, 0.15) is 17.3 Å². The highest BCUT2D eigenvalue weighted by molar-refractivity contribution is 5.95. The normalized spacial score (nSPS) is 13.7. The first-order valence-corrected chi connectivity index (χ1v) is 12.2. The lowest BCUT2D eigenvalue weighted by Gasteiger charge is -2.29. The zero-order valence-electron chi connectivity index (χ0n) is 20.0. The summed E-state index contributed by atoms with van der Waals surface area (Å²) in [7, 11) is 0. The van der Waals surface area contributed by atoms with E-state index in [1.807, 2.05) is 30.3 Å². The molecule has 0 saturated heterocycles. The van der Waals surface area contributed by atoms with Crippen molar-refractivity contribution >= 4 is 11.9 Å². The van der Waals surface area contributed by atoms with Gasteiger partial charge in [0.25, 0.3) is 5.91 Å². The number of hydrogen-bond acceptors (Lipinski definition) is 4. The zero-order chi connectivity index (χ0) is 25.5. The fourth-order valence-electron chi connectivity index (χ4n) is 4.10. The Kier molecular flexibility index (Phi) is 8.00. The molecular formula is C29H30FNO5. The van der Waals surface area contributed by atoms with E-state index in [1.165, 1.54) is 17.0 Å². The topological polar surface area (TPSA) is 87.1 Å². The number of aliphatic hydroxyl groups is 1. The van der Waals surface area contributed by atoms with Gasteiger partial charge in [-0.1, -0.05) is 42.5 Å². The highest BCUT2D eigenvalue weighted by atomic mass is 19.1. The fraction of sp³-hybridized carbons (Fsp3) is 0.310. The van der Waals surface area contributed by atoms with Crippen LogP contribution in [0.2, 0.25) is 0 Å². The predicted molar refractivity (Wildman–Crippen MR) is 134 cm³/mol. The number of carboxylic acids is 1. The predicted octanol–water partition coefficient (Wildman–Crippen LogP) is 5.64. The van der Waals surface area contributed by atoms with Crippen LogP contribution in [-0.2, 0) is 11.3 Å². The van der Waals surface area contributed by atoms with E-state index in [4.69, 9.17) is 9.84 Å². The number of para-hydroxylation sites is 1. The molecule has 7 heteroatoms. The van der Waals surface area contributed by atoms with Gasteiger partial charge in [-0.3, -0.25) is 9.59 Å². The first kappa shape index (κ1) is 25.4. The smallest absolute Gasteiger partial charge is 0.303 e. The minimum Gasteiger partial charge on any atom is -0.493 e. The van der Waals surface area contributed by atoms with E-state index in [9.17, 15) is 19.1 Å². The van der Waals surface area contributed by atoms with Crippen molar-refractivity contribution in [3.63, 3.8) is 0 Å². The quantitative estimate of drug-likeness (QED) is 0.253. The summed E-state index contributed by atoms with van der Waals surface area (Å²) in [5.74, 6) is -0.771. The lowest BCUT2D eigenvalue weighted by Crippen LogP contribution is -2.41. The summed E-state index contributed by atoms with van der Waals surface area (Å²) < 4.78 is 19.5. The van der Waals surface area contributed by atoms with Gasteiger partial charge in [-0.2, -0.15) is 0 Å². The maximum atomic E-state index is 13.6. The second-order valence-electron chi connectivity index (χ2n) is 9.12. The first-order valence-electron chi connectivity index (χ1n) is 12.2. The molecule has 6 nitrogen and oxygen atoms in total. The van der Waals surface area contributed by atoms with Gasteiger partial charge in [-0.15, -0.1) is 0 Å². The Morgan fingerprint density at radius 1 is 0.917 bits per heavy atom. The average molecular weight is 492 g/mol. The molecule has 1 fully saturated rings. The van der Waals surface area contributed by atoms with Crippen molar-refractivity contribution in [3.8, 4) is 16.9 Å². The number of unbranched alkanes of at least 4 members (excludes halogenated alkanes) is 2. The summed E-state index contributed by atoms with van der Waals surface area (Å²) in [6.07, 6.45) is 3.25. The Bertz CT molecular complexity index is 1210. The van der Waals surface area contributed by atoms with Gasteiger partial charge in [0.15, 0.2) is 0 Å². The van der Waals surface area contributed by atoms with Crippen molar-refractivity contribution in [2.24, 2.45) is 0 Å². The minimum atomic E-state index is -1.19. The molecule has 188 valence electrons. The standard InChI is InChI=1S/C29H30FNO5/c30-25-9-6-8-23(19-25)21-12-14-22(15-13-21)28(34)31(29(35)16-17-29)20-24-7-3-4-10-26(24)36-18-5-1-2-11-27(32)33/h3-4,6-10,12-15,19,35H,1-2,5,11,16-18,20H2,(H,32,33). The van der Waals surface area contributed by atoms with Gasteiger partial charge < -0.3 is 19.8 Å². The molecule has 0 unspecified atom stereocenters. The van der Waals surface area contributed by atoms with Crippen LogP contribution < -0.4 is 4.74 Å². The number of rotatable bonds is 12. The molecule has 0 aliphatic heterocycles. The number of hydrogen-bond donors (Lipinski definition) is 2. The van der Waals surface area contributed by atoms with Crippen molar-refractivity contribution in [1.82, 2.24) is 4.90 Å². The summed E-state index contributed by atoms with van der Waals surface area (Å²) in [6.45, 7) is 0.632. The van der Waals surface area contributed by atoms with E-state index >= 15 is 0 Å². The summed E-state index contributed by atoms with van der Waals surface area (Å²) in [4.78, 5) is 25.6. The van der Waals surface area contributed by atoms with E-state index in [2.05, 4.69) is 0 Å². The number of carbonyl (C=O) groups excluding carboxylic acids is 1. The van der Waals surface area contributed by atoms with Crippen LogP contribution in [0, 0.1) is 5.82 Å². The zero-order valence-corrected chi connectivity index (χ0v) is 20.0. The first-order chi connectivity index (χ1) is 17.4. The molecule has 3 aromatic carbocycles. The SMILES string of the molecule is O=C(O)CCCCCOc1ccccc1CN(C(=O)c1ccc(-c2cccc(F)c2)cc1)C1(O)CC1. The Labute approximate surface area is 210 Å². The molecule has 0 heterocycles. The number of carbonyl (C=O) groups is 2. The van der Waals surface area contributed by atoms with Crippen LogP contribution in [0.5, 0.6) is 5.75 Å². The molecule has 0 aromatic heterocycles. The summed E-state index contributed by atoms with van der Waals surface area (Å²) in [6, 6.07) is 20.6. The largest absolute Gasteiger partial charge is 0.493 e. The molecule has 2 N–H and O–H groups in total. The summed E-state index contributed by atoms with van der Waals surface area (Å²) in [5, 5.41) is 19.7. The van der Waals surface area contributed by atoms with E-state index in [-0.39, 0.29) is 24.7 Å². The average Bonchev–Trinajstić information content (AvgIpc) is 3.63. The van der Waals surface area contributed by atoms with Crippen LogP contribution in [-0.4, -0.2) is 39.3 Å².